The Labute approximate surface area is 295 Å². The van der Waals surface area contributed by atoms with Gasteiger partial charge in [0.2, 0.25) is 5.82 Å². The van der Waals surface area contributed by atoms with Crippen molar-refractivity contribution in [3.05, 3.63) is 70.3 Å². The molecule has 5 rings (SSSR count). The number of aryl methyl sites for hydroxylation is 1. The van der Waals surface area contributed by atoms with Crippen LogP contribution in [0.15, 0.2) is 30.5 Å². The SMILES string of the molecule is CCOCOC1(c2nn(C)c(C)c2CCOc2c(-c3cc(C(F)(F)F)n4ncc(CN(C)C(=O)OC(C)(C)C)c4c3)ccc(F)c2F)CC(F)(F)C1. The van der Waals surface area contributed by atoms with Gasteiger partial charge in [-0.3, -0.25) is 4.68 Å². The normalized spacial score (nSPS) is 15.5. The van der Waals surface area contributed by atoms with Gasteiger partial charge in [0, 0.05) is 62.3 Å². The summed E-state index contributed by atoms with van der Waals surface area (Å²) < 4.78 is 126. The number of carbonyl (C=O) groups is 1. The number of hydrogen-bond acceptors (Lipinski definition) is 7. The number of nitrogens with zero attached hydrogens (tertiary/aromatic N) is 5. The summed E-state index contributed by atoms with van der Waals surface area (Å²) in [5.74, 6) is -6.41. The van der Waals surface area contributed by atoms with Crippen LogP contribution in [-0.4, -0.2) is 69.0 Å². The number of amides is 1. The van der Waals surface area contributed by atoms with Crippen LogP contribution in [0.1, 0.15) is 68.7 Å². The largest absolute Gasteiger partial charge is 0.489 e. The second-order valence-electron chi connectivity index (χ2n) is 13.8. The van der Waals surface area contributed by atoms with E-state index in [2.05, 4.69) is 10.2 Å². The summed E-state index contributed by atoms with van der Waals surface area (Å²) in [6.45, 7) is 7.93. The lowest BCUT2D eigenvalue weighted by atomic mass is 9.72. The summed E-state index contributed by atoms with van der Waals surface area (Å²) in [5.41, 5.74) is -2.42. The van der Waals surface area contributed by atoms with E-state index in [4.69, 9.17) is 18.9 Å². The molecule has 0 unspecified atom stereocenters. The molecule has 0 bridgehead atoms. The number of rotatable bonds is 12. The first kappa shape index (κ1) is 38.8. The summed E-state index contributed by atoms with van der Waals surface area (Å²) in [7, 11) is 3.02. The lowest BCUT2D eigenvalue weighted by Gasteiger charge is -2.46. The Kier molecular flexibility index (Phi) is 10.6. The van der Waals surface area contributed by atoms with E-state index in [1.807, 2.05) is 0 Å². The van der Waals surface area contributed by atoms with E-state index in [0.717, 1.165) is 18.2 Å². The summed E-state index contributed by atoms with van der Waals surface area (Å²) in [4.78, 5) is 13.8. The molecule has 0 saturated heterocycles. The Hall–Kier alpha value is -4.38. The van der Waals surface area contributed by atoms with Crippen molar-refractivity contribution in [2.24, 2.45) is 7.05 Å². The van der Waals surface area contributed by atoms with Crippen LogP contribution in [-0.2, 0) is 46.0 Å². The summed E-state index contributed by atoms with van der Waals surface area (Å²) in [6.07, 6.45) is -5.79. The molecular weight excluding hydrogens is 703 g/mol. The van der Waals surface area contributed by atoms with Crippen molar-refractivity contribution in [3.8, 4) is 16.9 Å². The van der Waals surface area contributed by atoms with Gasteiger partial charge in [0.05, 0.1) is 30.6 Å². The van der Waals surface area contributed by atoms with Crippen LogP contribution < -0.4 is 4.74 Å². The van der Waals surface area contributed by atoms with E-state index >= 15 is 4.39 Å². The minimum Gasteiger partial charge on any atom is -0.489 e. The first-order chi connectivity index (χ1) is 24.2. The molecule has 52 heavy (non-hydrogen) atoms. The maximum atomic E-state index is 15.5. The molecule has 0 N–H and O–H groups in total. The van der Waals surface area contributed by atoms with E-state index < -0.39 is 65.3 Å². The number of benzene rings is 1. The molecule has 1 aliphatic rings. The number of pyridine rings is 1. The molecule has 10 nitrogen and oxygen atoms in total. The van der Waals surface area contributed by atoms with Crippen molar-refractivity contribution in [1.29, 1.82) is 0 Å². The van der Waals surface area contributed by atoms with Crippen molar-refractivity contribution < 1.29 is 54.5 Å². The van der Waals surface area contributed by atoms with E-state index in [1.54, 1.807) is 41.7 Å². The van der Waals surface area contributed by atoms with E-state index in [-0.39, 0.29) is 54.3 Å². The van der Waals surface area contributed by atoms with Crippen molar-refractivity contribution in [1.82, 2.24) is 24.3 Å². The van der Waals surface area contributed by atoms with Gasteiger partial charge in [-0.15, -0.1) is 0 Å². The Bertz CT molecular complexity index is 1940. The van der Waals surface area contributed by atoms with Gasteiger partial charge in [0.25, 0.3) is 5.92 Å². The Morgan fingerprint density at radius 3 is 2.40 bits per heavy atom. The monoisotopic (exact) mass is 743 g/mol. The molecule has 3 aromatic heterocycles. The molecule has 0 atom stereocenters. The number of carbonyl (C=O) groups excluding carboxylic acids is 1. The van der Waals surface area contributed by atoms with Crippen LogP contribution in [0.3, 0.4) is 0 Å². The average molecular weight is 744 g/mol. The third kappa shape index (κ3) is 7.99. The van der Waals surface area contributed by atoms with Gasteiger partial charge in [-0.1, -0.05) is 0 Å². The minimum absolute atomic E-state index is 0.0215. The number of hydrogen-bond donors (Lipinski definition) is 0. The maximum absolute atomic E-state index is 15.5. The molecule has 4 aromatic rings. The second kappa shape index (κ2) is 14.2. The molecule has 3 heterocycles. The molecular formula is C35H40F7N5O5. The zero-order valence-electron chi connectivity index (χ0n) is 29.8. The average Bonchev–Trinajstić information content (AvgIpc) is 3.56. The molecule has 1 aromatic carbocycles. The first-order valence-electron chi connectivity index (χ1n) is 16.4. The van der Waals surface area contributed by atoms with Gasteiger partial charge >= 0.3 is 12.3 Å². The smallest absolute Gasteiger partial charge is 0.433 e. The van der Waals surface area contributed by atoms with Crippen molar-refractivity contribution in [2.45, 2.75) is 83.7 Å². The zero-order valence-corrected chi connectivity index (χ0v) is 29.8. The molecule has 17 heteroatoms. The van der Waals surface area contributed by atoms with Crippen LogP contribution in [0.25, 0.3) is 16.6 Å². The van der Waals surface area contributed by atoms with Gasteiger partial charge in [-0.2, -0.15) is 27.8 Å². The highest BCUT2D eigenvalue weighted by molar-refractivity contribution is 5.76. The van der Waals surface area contributed by atoms with Gasteiger partial charge in [-0.05, 0) is 64.4 Å². The number of halogens is 7. The van der Waals surface area contributed by atoms with Gasteiger partial charge in [0.15, 0.2) is 11.6 Å². The Morgan fingerprint density at radius 2 is 1.79 bits per heavy atom. The lowest BCUT2D eigenvalue weighted by Crippen LogP contribution is -2.52. The zero-order chi connectivity index (χ0) is 38.4. The molecule has 0 radical (unpaired) electrons. The van der Waals surface area contributed by atoms with Crippen LogP contribution in [0.5, 0.6) is 5.75 Å². The van der Waals surface area contributed by atoms with Crippen molar-refractivity contribution in [2.75, 3.05) is 27.1 Å². The summed E-state index contributed by atoms with van der Waals surface area (Å²) in [5, 5.41) is 8.36. The molecule has 1 aliphatic carbocycles. The summed E-state index contributed by atoms with van der Waals surface area (Å²) >= 11 is 0. The highest BCUT2D eigenvalue weighted by Gasteiger charge is 2.61. The van der Waals surface area contributed by atoms with Gasteiger partial charge < -0.3 is 23.8 Å². The van der Waals surface area contributed by atoms with Crippen LogP contribution in [0.2, 0.25) is 0 Å². The third-order valence-electron chi connectivity index (χ3n) is 8.66. The number of aromatic nitrogens is 4. The fraction of sp³-hybridized carbons (Fsp3) is 0.514. The fourth-order valence-electron chi connectivity index (χ4n) is 6.11. The molecule has 1 amide bonds. The van der Waals surface area contributed by atoms with Crippen LogP contribution >= 0.6 is 0 Å². The number of fused-ring (bicyclic) bond motifs is 1. The molecule has 0 spiro atoms. The highest BCUT2D eigenvalue weighted by Crippen LogP contribution is 2.55. The summed E-state index contributed by atoms with van der Waals surface area (Å²) in [6, 6.07) is 3.90. The molecule has 284 valence electrons. The second-order valence-corrected chi connectivity index (χ2v) is 13.8. The standard InChI is InChI=1S/C35H40F7N5O5/c1-8-49-19-51-33(17-34(38,39)18-33)30-23(20(2)46(7)44-30)11-12-50-29-24(9-10-25(36)28(29)37)21-13-26-22(16-45(6)31(48)52-32(3,4)5)15-43-47(26)27(14-21)35(40,41)42/h9-10,13-15H,8,11-12,16-19H2,1-7H3. The first-order valence-corrected chi connectivity index (χ1v) is 16.4. The quantitative estimate of drug-likeness (QED) is 0.0826. The minimum atomic E-state index is -4.93. The van der Waals surface area contributed by atoms with E-state index in [1.165, 1.54) is 28.9 Å². The number of alkyl halides is 5. The molecule has 1 fully saturated rings. The number of ether oxygens (including phenoxy) is 4. The fourth-order valence-corrected chi connectivity index (χ4v) is 6.11. The lowest BCUT2D eigenvalue weighted by molar-refractivity contribution is -0.264. The van der Waals surface area contributed by atoms with Crippen LogP contribution in [0, 0.1) is 18.6 Å². The van der Waals surface area contributed by atoms with Crippen molar-refractivity contribution >= 4 is 11.6 Å². The van der Waals surface area contributed by atoms with Crippen molar-refractivity contribution in [3.63, 3.8) is 0 Å². The van der Waals surface area contributed by atoms with E-state index in [0.29, 0.717) is 22.4 Å². The topological polar surface area (TPSA) is 92.4 Å². The van der Waals surface area contributed by atoms with E-state index in [9.17, 15) is 31.1 Å². The predicted octanol–water partition coefficient (Wildman–Crippen LogP) is 7.96. The Balaban J connectivity index is 1.49. The maximum Gasteiger partial charge on any atom is 0.433 e. The van der Waals surface area contributed by atoms with Gasteiger partial charge in [0.1, 0.15) is 23.7 Å². The predicted molar refractivity (Wildman–Crippen MR) is 174 cm³/mol. The highest BCUT2D eigenvalue weighted by atomic mass is 19.4. The van der Waals surface area contributed by atoms with Gasteiger partial charge in [-0.25, -0.2) is 22.5 Å². The molecule has 1 saturated carbocycles. The van der Waals surface area contributed by atoms with Crippen LogP contribution in [0.4, 0.5) is 35.5 Å². The Morgan fingerprint density at radius 1 is 1.10 bits per heavy atom. The third-order valence-corrected chi connectivity index (χ3v) is 8.66. The molecule has 0 aliphatic heterocycles.